The van der Waals surface area contributed by atoms with Crippen LogP contribution in [0.5, 0.6) is 0 Å². The summed E-state index contributed by atoms with van der Waals surface area (Å²) in [5.41, 5.74) is 1.15. The van der Waals surface area contributed by atoms with Crippen LogP contribution < -0.4 is 0 Å². The van der Waals surface area contributed by atoms with Gasteiger partial charge in [0.25, 0.3) is 0 Å². The van der Waals surface area contributed by atoms with Crippen LogP contribution in [0.15, 0.2) is 0 Å². The molecule has 2 atom stereocenters. The van der Waals surface area contributed by atoms with Crippen molar-refractivity contribution >= 4 is 27.1 Å². The normalized spacial score (nSPS) is 26.0. The third-order valence-electron chi connectivity index (χ3n) is 4.48. The third kappa shape index (κ3) is 3.18. The maximum atomic E-state index is 11.7. The number of carbonyl (C=O) groups is 1. The Balaban J connectivity index is 1.77. The number of hydrogen-bond acceptors (Lipinski definition) is 6. The van der Waals surface area contributed by atoms with Gasteiger partial charge in [0.2, 0.25) is 0 Å². The Morgan fingerprint density at radius 1 is 1.41 bits per heavy atom. The van der Waals surface area contributed by atoms with Crippen LogP contribution in [-0.2, 0) is 34.0 Å². The van der Waals surface area contributed by atoms with Crippen LogP contribution in [-0.4, -0.2) is 53.5 Å². The van der Waals surface area contributed by atoms with Gasteiger partial charge in [0.1, 0.15) is 11.0 Å². The van der Waals surface area contributed by atoms with Crippen LogP contribution in [0, 0.1) is 0 Å². The first kappa shape index (κ1) is 15.9. The molecule has 2 heterocycles. The summed E-state index contributed by atoms with van der Waals surface area (Å²) in [4.78, 5) is 19.1. The van der Waals surface area contributed by atoms with Gasteiger partial charge < -0.3 is 5.11 Å². The first-order valence-corrected chi connectivity index (χ1v) is 10.2. The van der Waals surface area contributed by atoms with Crippen LogP contribution in [0.1, 0.15) is 34.8 Å². The second kappa shape index (κ2) is 5.90. The Labute approximate surface area is 134 Å². The Kier molecular flexibility index (Phi) is 4.26. The fourth-order valence-corrected chi connectivity index (χ4v) is 5.43. The van der Waals surface area contributed by atoms with E-state index in [0.717, 1.165) is 30.0 Å². The van der Waals surface area contributed by atoms with Crippen molar-refractivity contribution in [3.63, 3.8) is 0 Å². The molecule has 1 aromatic rings. The molecule has 1 fully saturated rings. The summed E-state index contributed by atoms with van der Waals surface area (Å²) in [5, 5.41) is 9.67. The molecule has 0 saturated carbocycles. The highest BCUT2D eigenvalue weighted by Gasteiger charge is 2.41. The molecule has 0 aromatic carbocycles. The minimum Gasteiger partial charge on any atom is -0.480 e. The van der Waals surface area contributed by atoms with Crippen LogP contribution in [0.25, 0.3) is 0 Å². The predicted molar refractivity (Wildman–Crippen MR) is 83.8 cm³/mol. The molecule has 8 heteroatoms. The van der Waals surface area contributed by atoms with Crippen LogP contribution >= 0.6 is 11.3 Å². The summed E-state index contributed by atoms with van der Waals surface area (Å²) in [7, 11) is -3.22. The Bertz CT molecular complexity index is 660. The highest BCUT2D eigenvalue weighted by Crippen LogP contribution is 2.30. The first-order chi connectivity index (χ1) is 10.3. The van der Waals surface area contributed by atoms with Gasteiger partial charge in [-0.3, -0.25) is 9.69 Å². The maximum Gasteiger partial charge on any atom is 0.320 e. The van der Waals surface area contributed by atoms with Crippen molar-refractivity contribution in [2.24, 2.45) is 0 Å². The number of carboxylic acid groups (broad SMARTS) is 1. The van der Waals surface area contributed by atoms with Gasteiger partial charge in [-0.05, 0) is 32.1 Å². The van der Waals surface area contributed by atoms with E-state index in [1.165, 1.54) is 17.6 Å². The third-order valence-corrected chi connectivity index (χ3v) is 7.18. The van der Waals surface area contributed by atoms with E-state index in [2.05, 4.69) is 4.98 Å². The quantitative estimate of drug-likeness (QED) is 0.880. The zero-order valence-electron chi connectivity index (χ0n) is 12.5. The lowest BCUT2D eigenvalue weighted by Gasteiger charge is -2.19. The van der Waals surface area contributed by atoms with E-state index in [1.807, 2.05) is 0 Å². The smallest absolute Gasteiger partial charge is 0.320 e. The Hall–Kier alpha value is -0.990. The van der Waals surface area contributed by atoms with Gasteiger partial charge in [-0.2, -0.15) is 0 Å². The summed E-state index contributed by atoms with van der Waals surface area (Å²) in [6.45, 7) is 0.709. The molecule has 0 unspecified atom stereocenters. The number of aliphatic carboxylic acids is 1. The SMILES string of the molecule is CS(=O)(=O)[C@@H]1C[C@@H](C(=O)O)N(Cc2nc3c(s2)CCCC3)C1. The lowest BCUT2D eigenvalue weighted by Crippen LogP contribution is -2.35. The van der Waals surface area contributed by atoms with Crippen molar-refractivity contribution in [3.05, 3.63) is 15.6 Å². The summed E-state index contributed by atoms with van der Waals surface area (Å²) in [6.07, 6.45) is 5.75. The molecule has 3 rings (SSSR count). The largest absolute Gasteiger partial charge is 0.480 e. The highest BCUT2D eigenvalue weighted by atomic mass is 32.2. The molecule has 0 radical (unpaired) electrons. The van der Waals surface area contributed by atoms with Crippen molar-refractivity contribution in [2.75, 3.05) is 12.8 Å². The van der Waals surface area contributed by atoms with Crippen molar-refractivity contribution in [2.45, 2.75) is 49.9 Å². The van der Waals surface area contributed by atoms with Gasteiger partial charge in [-0.25, -0.2) is 13.4 Å². The first-order valence-electron chi connectivity index (χ1n) is 7.48. The zero-order chi connectivity index (χ0) is 15.9. The monoisotopic (exact) mass is 344 g/mol. The maximum absolute atomic E-state index is 11.7. The van der Waals surface area contributed by atoms with Gasteiger partial charge >= 0.3 is 5.97 Å². The molecule has 22 heavy (non-hydrogen) atoms. The van der Waals surface area contributed by atoms with Crippen LogP contribution in [0.3, 0.4) is 0 Å². The van der Waals surface area contributed by atoms with E-state index in [9.17, 15) is 18.3 Å². The second-order valence-electron chi connectivity index (χ2n) is 6.16. The second-order valence-corrected chi connectivity index (χ2v) is 9.65. The molecule has 0 spiro atoms. The molecule has 1 aliphatic heterocycles. The molecular formula is C14H20N2O4S2. The summed E-state index contributed by atoms with van der Waals surface area (Å²) in [6, 6.07) is -0.736. The number of aromatic nitrogens is 1. The molecule has 1 aromatic heterocycles. The summed E-state index contributed by atoms with van der Waals surface area (Å²) < 4.78 is 23.5. The molecule has 1 aliphatic carbocycles. The highest BCUT2D eigenvalue weighted by molar-refractivity contribution is 7.91. The predicted octanol–water partition coefficient (Wildman–Crippen LogP) is 1.09. The van der Waals surface area contributed by atoms with Gasteiger partial charge in [-0.15, -0.1) is 11.3 Å². The van der Waals surface area contributed by atoms with E-state index < -0.39 is 27.1 Å². The number of aryl methyl sites for hydroxylation is 2. The molecule has 122 valence electrons. The standard InChI is InChI=1S/C14H20N2O4S2/c1-22(19,20)9-6-11(14(17)18)16(7-9)8-13-15-10-4-2-3-5-12(10)21-13/h9,11H,2-8H2,1H3,(H,17,18)/t9-,11+/m1/s1. The van der Waals surface area contributed by atoms with Crippen LogP contribution in [0.4, 0.5) is 0 Å². The molecule has 2 aliphatic rings. The lowest BCUT2D eigenvalue weighted by atomic mass is 10.0. The zero-order valence-corrected chi connectivity index (χ0v) is 14.1. The molecule has 1 N–H and O–H groups in total. The summed E-state index contributed by atoms with van der Waals surface area (Å²) >= 11 is 1.65. The van der Waals surface area contributed by atoms with E-state index in [4.69, 9.17) is 0 Å². The molecule has 0 bridgehead atoms. The average Bonchev–Trinajstić information content (AvgIpc) is 3.01. The van der Waals surface area contributed by atoms with Gasteiger partial charge in [-0.1, -0.05) is 0 Å². The number of likely N-dealkylation sites (tertiary alicyclic amines) is 1. The van der Waals surface area contributed by atoms with Crippen molar-refractivity contribution in [1.29, 1.82) is 0 Å². The average molecular weight is 344 g/mol. The number of fused-ring (bicyclic) bond motifs is 1. The summed E-state index contributed by atoms with van der Waals surface area (Å²) in [5.74, 6) is -0.951. The van der Waals surface area contributed by atoms with Crippen molar-refractivity contribution in [1.82, 2.24) is 9.88 Å². The van der Waals surface area contributed by atoms with E-state index in [-0.39, 0.29) is 13.0 Å². The fraction of sp³-hybridized carbons (Fsp3) is 0.714. The number of rotatable bonds is 4. The Morgan fingerprint density at radius 3 is 2.77 bits per heavy atom. The minimum absolute atomic E-state index is 0.166. The minimum atomic E-state index is -3.22. The van der Waals surface area contributed by atoms with E-state index >= 15 is 0 Å². The molecular weight excluding hydrogens is 324 g/mol. The van der Waals surface area contributed by atoms with Gasteiger partial charge in [0, 0.05) is 17.7 Å². The number of carboxylic acids is 1. The van der Waals surface area contributed by atoms with Gasteiger partial charge in [0.15, 0.2) is 9.84 Å². The van der Waals surface area contributed by atoms with E-state index in [1.54, 1.807) is 16.2 Å². The molecule has 1 saturated heterocycles. The number of nitrogens with zero attached hydrogens (tertiary/aromatic N) is 2. The Morgan fingerprint density at radius 2 is 2.14 bits per heavy atom. The molecule has 0 amide bonds. The van der Waals surface area contributed by atoms with Gasteiger partial charge in [0.05, 0.1) is 17.5 Å². The topological polar surface area (TPSA) is 87.6 Å². The number of sulfone groups is 1. The van der Waals surface area contributed by atoms with Crippen molar-refractivity contribution < 1.29 is 18.3 Å². The van der Waals surface area contributed by atoms with E-state index in [0.29, 0.717) is 6.54 Å². The van der Waals surface area contributed by atoms with Crippen LogP contribution in [0.2, 0.25) is 0 Å². The lowest BCUT2D eigenvalue weighted by molar-refractivity contribution is -0.142. The number of hydrogen-bond donors (Lipinski definition) is 1. The number of thiazole rings is 1. The molecule has 6 nitrogen and oxygen atoms in total. The van der Waals surface area contributed by atoms with Crippen molar-refractivity contribution in [3.8, 4) is 0 Å². The fourth-order valence-electron chi connectivity index (χ4n) is 3.25.